The number of nitrogens with one attached hydrogen (secondary N) is 1. The van der Waals surface area contributed by atoms with Crippen molar-refractivity contribution in [3.63, 3.8) is 0 Å². The lowest BCUT2D eigenvalue weighted by Crippen LogP contribution is -2.08. The molecule has 26 heavy (non-hydrogen) atoms. The summed E-state index contributed by atoms with van der Waals surface area (Å²) >= 11 is 8.27. The lowest BCUT2D eigenvalue weighted by atomic mass is 10.0. The average Bonchev–Trinajstić information content (AvgIpc) is 3.24. The third-order valence-corrected chi connectivity index (χ3v) is 6.20. The van der Waals surface area contributed by atoms with E-state index in [-0.39, 0.29) is 5.82 Å². The van der Waals surface area contributed by atoms with E-state index in [9.17, 15) is 4.39 Å². The number of hydrogen-bond donors (Lipinski definition) is 1. The number of halogens is 2. The number of hydrogen-bond acceptors (Lipinski definition) is 4. The first kappa shape index (κ1) is 17.6. The predicted molar refractivity (Wildman–Crippen MR) is 107 cm³/mol. The fraction of sp³-hybridized carbons (Fsp3) is 0.316. The number of nitrogens with zero attached hydrogens (tertiary/aromatic N) is 3. The van der Waals surface area contributed by atoms with Crippen molar-refractivity contribution in [1.82, 2.24) is 14.1 Å². The second-order valence-corrected chi connectivity index (χ2v) is 7.96. The van der Waals surface area contributed by atoms with E-state index in [0.717, 1.165) is 28.9 Å². The van der Waals surface area contributed by atoms with Crippen molar-refractivity contribution in [2.45, 2.75) is 17.7 Å². The fourth-order valence-corrected chi connectivity index (χ4v) is 4.77. The van der Waals surface area contributed by atoms with Crippen LogP contribution in [0.4, 0.5) is 10.2 Å². The van der Waals surface area contributed by atoms with E-state index < -0.39 is 0 Å². The van der Waals surface area contributed by atoms with Gasteiger partial charge in [0.1, 0.15) is 5.82 Å². The van der Waals surface area contributed by atoms with Crippen LogP contribution in [0.25, 0.3) is 22.0 Å². The highest BCUT2D eigenvalue weighted by Crippen LogP contribution is 2.39. The number of benzene rings is 2. The summed E-state index contributed by atoms with van der Waals surface area (Å²) in [6.07, 6.45) is 2.42. The van der Waals surface area contributed by atoms with E-state index in [1.807, 2.05) is 31.3 Å². The lowest BCUT2D eigenvalue weighted by Gasteiger charge is -2.14. The van der Waals surface area contributed by atoms with Gasteiger partial charge < -0.3 is 5.32 Å². The molecule has 7 heteroatoms. The van der Waals surface area contributed by atoms with Crippen LogP contribution in [-0.2, 0) is 7.05 Å². The third kappa shape index (κ3) is 3.06. The zero-order chi connectivity index (χ0) is 18.3. The molecule has 0 unspecified atom stereocenters. The Balaban J connectivity index is 1.74. The van der Waals surface area contributed by atoms with Gasteiger partial charge in [-0.3, -0.25) is 4.68 Å². The maximum absolute atomic E-state index is 14.9. The molecule has 0 bridgehead atoms. The van der Waals surface area contributed by atoms with Gasteiger partial charge in [0.25, 0.3) is 0 Å². The SMILES string of the molecule is CNc1nn(C)c2ccc(-c3ccc(SN4CCCC4)cc3F)c(Cl)c12. The summed E-state index contributed by atoms with van der Waals surface area (Å²) in [7, 11) is 3.67. The second kappa shape index (κ2) is 7.10. The van der Waals surface area contributed by atoms with Crippen molar-refractivity contribution >= 4 is 40.3 Å². The largest absolute Gasteiger partial charge is 0.371 e. The fourth-order valence-electron chi connectivity index (χ4n) is 3.40. The molecule has 2 aromatic carbocycles. The van der Waals surface area contributed by atoms with Crippen LogP contribution in [0.2, 0.25) is 5.02 Å². The smallest absolute Gasteiger partial charge is 0.157 e. The lowest BCUT2D eigenvalue weighted by molar-refractivity contribution is 0.585. The van der Waals surface area contributed by atoms with Gasteiger partial charge in [-0.25, -0.2) is 8.70 Å². The van der Waals surface area contributed by atoms with Crippen molar-refractivity contribution in [2.75, 3.05) is 25.5 Å². The summed E-state index contributed by atoms with van der Waals surface area (Å²) in [6.45, 7) is 2.12. The summed E-state index contributed by atoms with van der Waals surface area (Å²) in [4.78, 5) is 0.919. The highest BCUT2D eigenvalue weighted by atomic mass is 35.5. The molecule has 4 rings (SSSR count). The van der Waals surface area contributed by atoms with Crippen molar-refractivity contribution in [3.8, 4) is 11.1 Å². The summed E-state index contributed by atoms with van der Waals surface area (Å²) in [5.74, 6) is 0.432. The molecule has 1 N–H and O–H groups in total. The van der Waals surface area contributed by atoms with Crippen molar-refractivity contribution in [3.05, 3.63) is 41.2 Å². The Hall–Kier alpha value is -1.76. The third-order valence-electron chi connectivity index (χ3n) is 4.72. The number of rotatable bonds is 4. The Bertz CT molecular complexity index is 966. The minimum absolute atomic E-state index is 0.259. The number of anilines is 1. The minimum atomic E-state index is -0.259. The van der Waals surface area contributed by atoms with Crippen LogP contribution in [0.3, 0.4) is 0 Å². The van der Waals surface area contributed by atoms with Gasteiger partial charge in [-0.15, -0.1) is 0 Å². The standard InChI is InChI=1S/C19H20ClFN4S/c1-22-19-17-16(24(2)23-19)8-7-14(18(17)20)13-6-5-12(11-15(13)21)26-25-9-3-4-10-25/h5-8,11H,3-4,9-10H2,1-2H3,(H,22,23). The Morgan fingerprint density at radius 2 is 1.88 bits per heavy atom. The minimum Gasteiger partial charge on any atom is -0.371 e. The van der Waals surface area contributed by atoms with Crippen molar-refractivity contribution in [2.24, 2.45) is 7.05 Å². The van der Waals surface area contributed by atoms with Gasteiger partial charge in [-0.05, 0) is 43.0 Å². The first-order valence-corrected chi connectivity index (χ1v) is 9.79. The van der Waals surface area contributed by atoms with E-state index in [0.29, 0.717) is 22.0 Å². The molecule has 1 saturated heterocycles. The molecule has 3 aromatic rings. The molecule has 1 fully saturated rings. The van der Waals surface area contributed by atoms with E-state index in [2.05, 4.69) is 14.7 Å². The average molecular weight is 391 g/mol. The topological polar surface area (TPSA) is 33.1 Å². The Morgan fingerprint density at radius 3 is 2.58 bits per heavy atom. The summed E-state index contributed by atoms with van der Waals surface area (Å²) in [6, 6.07) is 9.16. The highest BCUT2D eigenvalue weighted by molar-refractivity contribution is 7.97. The summed E-state index contributed by atoms with van der Waals surface area (Å²) < 4.78 is 18.9. The first-order chi connectivity index (χ1) is 12.6. The predicted octanol–water partition coefficient (Wildman–Crippen LogP) is 5.18. The normalized spacial score (nSPS) is 15.1. The Labute approximate surface area is 161 Å². The second-order valence-electron chi connectivity index (χ2n) is 6.41. The van der Waals surface area contributed by atoms with Gasteiger partial charge in [0, 0.05) is 43.2 Å². The van der Waals surface area contributed by atoms with Crippen LogP contribution < -0.4 is 5.32 Å². The quantitative estimate of drug-likeness (QED) is 0.622. The Kier molecular flexibility index (Phi) is 4.82. The molecule has 1 aliphatic heterocycles. The molecule has 4 nitrogen and oxygen atoms in total. The van der Waals surface area contributed by atoms with E-state index in [4.69, 9.17) is 11.6 Å². The van der Waals surface area contributed by atoms with E-state index >= 15 is 0 Å². The molecule has 1 aromatic heterocycles. The van der Waals surface area contributed by atoms with Gasteiger partial charge >= 0.3 is 0 Å². The molecule has 0 amide bonds. The summed E-state index contributed by atoms with van der Waals surface area (Å²) in [5.41, 5.74) is 2.09. The maximum atomic E-state index is 14.9. The van der Waals surface area contributed by atoms with Crippen LogP contribution in [0.5, 0.6) is 0 Å². The zero-order valence-electron chi connectivity index (χ0n) is 14.7. The molecule has 0 atom stereocenters. The summed E-state index contributed by atoms with van der Waals surface area (Å²) in [5, 5.41) is 8.79. The molecule has 0 aliphatic carbocycles. The first-order valence-electron chi connectivity index (χ1n) is 8.64. The number of aromatic nitrogens is 2. The molecule has 1 aliphatic rings. The number of fused-ring (bicyclic) bond motifs is 1. The van der Waals surface area contributed by atoms with Gasteiger partial charge in [0.2, 0.25) is 0 Å². The van der Waals surface area contributed by atoms with Gasteiger partial charge in [0.15, 0.2) is 5.82 Å². The van der Waals surface area contributed by atoms with Crippen LogP contribution in [0.1, 0.15) is 12.8 Å². The molecule has 2 heterocycles. The van der Waals surface area contributed by atoms with Crippen LogP contribution in [0, 0.1) is 5.82 Å². The van der Waals surface area contributed by atoms with Gasteiger partial charge in [-0.2, -0.15) is 5.10 Å². The molecular formula is C19H20ClFN4S. The van der Waals surface area contributed by atoms with Crippen LogP contribution in [-0.4, -0.2) is 34.2 Å². The van der Waals surface area contributed by atoms with Crippen LogP contribution in [0.15, 0.2) is 35.2 Å². The molecule has 0 spiro atoms. The maximum Gasteiger partial charge on any atom is 0.157 e. The van der Waals surface area contributed by atoms with Crippen molar-refractivity contribution in [1.29, 1.82) is 0 Å². The van der Waals surface area contributed by atoms with Crippen LogP contribution >= 0.6 is 23.5 Å². The zero-order valence-corrected chi connectivity index (χ0v) is 16.3. The van der Waals surface area contributed by atoms with Crippen molar-refractivity contribution < 1.29 is 4.39 Å². The molecule has 0 saturated carbocycles. The number of aryl methyl sites for hydroxylation is 1. The molecule has 0 radical (unpaired) electrons. The van der Waals surface area contributed by atoms with E-state index in [1.54, 1.807) is 29.7 Å². The van der Waals surface area contributed by atoms with Gasteiger partial charge in [0.05, 0.1) is 15.9 Å². The monoisotopic (exact) mass is 390 g/mol. The Morgan fingerprint density at radius 1 is 1.15 bits per heavy atom. The highest BCUT2D eigenvalue weighted by Gasteiger charge is 2.18. The molecular weight excluding hydrogens is 371 g/mol. The molecule has 136 valence electrons. The van der Waals surface area contributed by atoms with Gasteiger partial charge in [-0.1, -0.05) is 23.7 Å². The van der Waals surface area contributed by atoms with E-state index in [1.165, 1.54) is 12.8 Å².